The normalized spacial score (nSPS) is 10.8. The minimum absolute atomic E-state index is 0.170. The van der Waals surface area contributed by atoms with Crippen LogP contribution in [0.2, 0.25) is 0 Å². The van der Waals surface area contributed by atoms with Crippen LogP contribution in [0.5, 0.6) is 5.75 Å². The molecular weight excluding hydrogens is 488 g/mol. The van der Waals surface area contributed by atoms with Crippen molar-refractivity contribution < 1.29 is 9.53 Å². The Kier molecular flexibility index (Phi) is 14.5. The number of nitrogens with zero attached hydrogens (tertiary/aromatic N) is 1. The summed E-state index contributed by atoms with van der Waals surface area (Å²) in [5.41, 5.74) is 2.76. The number of nitrogens with one attached hydrogen (secondary N) is 1. The van der Waals surface area contributed by atoms with Gasteiger partial charge in [0.15, 0.2) is 0 Å². The van der Waals surface area contributed by atoms with Crippen LogP contribution in [-0.2, 0) is 5.33 Å². The Balaban J connectivity index is 1.68. The van der Waals surface area contributed by atoms with Gasteiger partial charge in [0.25, 0.3) is 0 Å². The summed E-state index contributed by atoms with van der Waals surface area (Å²) >= 11 is 3.49. The van der Waals surface area contributed by atoms with Gasteiger partial charge in [-0.25, -0.2) is 4.79 Å². The molecule has 0 spiro atoms. The second kappa shape index (κ2) is 17.4. The van der Waals surface area contributed by atoms with E-state index in [1.54, 1.807) is 11.9 Å². The van der Waals surface area contributed by atoms with Gasteiger partial charge in [-0.3, -0.25) is 4.90 Å². The molecule has 2 rings (SSSR count). The second-order valence-electron chi connectivity index (χ2n) is 8.93. The number of ether oxygens (including phenoxy) is 1. The number of anilines is 2. The van der Waals surface area contributed by atoms with Crippen LogP contribution in [0.3, 0.4) is 0 Å². The summed E-state index contributed by atoms with van der Waals surface area (Å²) in [5.74, 6) is 0.845. The van der Waals surface area contributed by atoms with E-state index in [-0.39, 0.29) is 6.03 Å². The molecule has 0 bridgehead atoms. The van der Waals surface area contributed by atoms with Gasteiger partial charge in [0.1, 0.15) is 5.75 Å². The van der Waals surface area contributed by atoms with Crippen molar-refractivity contribution in [3.8, 4) is 5.75 Å². The first-order valence-corrected chi connectivity index (χ1v) is 14.2. The summed E-state index contributed by atoms with van der Waals surface area (Å²) in [5, 5.41) is 3.48. The van der Waals surface area contributed by atoms with E-state index in [9.17, 15) is 4.79 Å². The second-order valence-corrected chi connectivity index (χ2v) is 9.49. The molecule has 34 heavy (non-hydrogen) atoms. The fourth-order valence-corrected chi connectivity index (χ4v) is 4.45. The molecule has 0 unspecified atom stereocenters. The number of hydrogen-bond donors (Lipinski definition) is 1. The Morgan fingerprint density at radius 1 is 0.824 bits per heavy atom. The number of alkyl halides is 1. The molecule has 0 radical (unpaired) electrons. The first-order chi connectivity index (χ1) is 16.7. The van der Waals surface area contributed by atoms with Gasteiger partial charge in [0, 0.05) is 12.4 Å². The van der Waals surface area contributed by atoms with E-state index in [2.05, 4.69) is 28.2 Å². The number of carbonyl (C=O) groups excluding carboxylic acids is 1. The van der Waals surface area contributed by atoms with Crippen LogP contribution in [-0.4, -0.2) is 19.7 Å². The zero-order valence-corrected chi connectivity index (χ0v) is 22.7. The van der Waals surface area contributed by atoms with Gasteiger partial charge in [-0.2, -0.15) is 0 Å². The molecule has 0 saturated heterocycles. The van der Waals surface area contributed by atoms with Crippen molar-refractivity contribution >= 4 is 33.3 Å². The number of hydrogen-bond acceptors (Lipinski definition) is 2. The molecule has 0 aromatic heterocycles. The molecule has 5 heteroatoms. The molecule has 0 aliphatic rings. The summed E-state index contributed by atoms with van der Waals surface area (Å²) in [4.78, 5) is 14.3. The fourth-order valence-electron chi connectivity index (χ4n) is 4.10. The summed E-state index contributed by atoms with van der Waals surface area (Å²) in [6.45, 7) is 3.01. The van der Waals surface area contributed by atoms with Crippen molar-refractivity contribution in [1.29, 1.82) is 0 Å². The summed E-state index contributed by atoms with van der Waals surface area (Å²) in [7, 11) is 1.65. The van der Waals surface area contributed by atoms with Crippen LogP contribution in [0, 0.1) is 0 Å². The molecule has 0 fully saturated rings. The van der Waals surface area contributed by atoms with E-state index >= 15 is 0 Å². The Hall–Kier alpha value is -2.01. The highest BCUT2D eigenvalue weighted by molar-refractivity contribution is 9.08. The maximum atomic E-state index is 12.6. The molecule has 0 atom stereocenters. The maximum absolute atomic E-state index is 12.6. The third-order valence-corrected chi connectivity index (χ3v) is 6.75. The smallest absolute Gasteiger partial charge is 0.326 e. The lowest BCUT2D eigenvalue weighted by molar-refractivity contribution is 0.250. The van der Waals surface area contributed by atoms with Gasteiger partial charge in [-0.1, -0.05) is 106 Å². The molecule has 2 amide bonds. The van der Waals surface area contributed by atoms with E-state index in [0.29, 0.717) is 0 Å². The van der Waals surface area contributed by atoms with Crippen molar-refractivity contribution in [3.63, 3.8) is 0 Å². The third-order valence-electron chi connectivity index (χ3n) is 6.10. The monoisotopic (exact) mass is 530 g/mol. The molecule has 0 aliphatic carbocycles. The number of unbranched alkanes of at least 4 members (excludes halogenated alkanes) is 11. The van der Waals surface area contributed by atoms with Crippen LogP contribution in [0.15, 0.2) is 48.5 Å². The lowest BCUT2D eigenvalue weighted by atomic mass is 10.1. The highest BCUT2D eigenvalue weighted by Gasteiger charge is 2.17. The van der Waals surface area contributed by atoms with E-state index in [1.165, 1.54) is 70.6 Å². The van der Waals surface area contributed by atoms with Crippen LogP contribution < -0.4 is 15.0 Å². The molecule has 188 valence electrons. The van der Waals surface area contributed by atoms with Crippen molar-refractivity contribution in [1.82, 2.24) is 5.32 Å². The number of carbonyl (C=O) groups is 1. The Morgan fingerprint density at radius 3 is 1.97 bits per heavy atom. The molecule has 4 nitrogen and oxygen atoms in total. The molecule has 2 aromatic rings. The van der Waals surface area contributed by atoms with Crippen LogP contribution in [0.1, 0.15) is 89.5 Å². The lowest BCUT2D eigenvalue weighted by Crippen LogP contribution is -2.34. The Bertz CT molecular complexity index is 810. The molecule has 0 saturated carbocycles. The first-order valence-electron chi connectivity index (χ1n) is 13.1. The van der Waals surface area contributed by atoms with Crippen LogP contribution in [0.4, 0.5) is 16.2 Å². The molecular formula is C29H43BrN2O2. The minimum Gasteiger partial charge on any atom is -0.494 e. The number of rotatable bonds is 17. The van der Waals surface area contributed by atoms with Gasteiger partial charge in [0.05, 0.1) is 18.0 Å². The molecule has 0 heterocycles. The standard InChI is InChI=1S/C29H43BrN2O2/c1-3-4-5-6-7-8-9-10-11-12-13-14-22-34-28-20-18-26(19-21-28)32(29(33)31-2)27-17-15-16-25(23-27)24-30/h15-21,23H,3-14,22,24H2,1-2H3,(H,31,33). The van der Waals surface area contributed by atoms with Crippen molar-refractivity contribution in [2.24, 2.45) is 0 Å². The Morgan fingerprint density at radius 2 is 1.41 bits per heavy atom. The van der Waals surface area contributed by atoms with E-state index in [4.69, 9.17) is 4.74 Å². The largest absolute Gasteiger partial charge is 0.494 e. The van der Waals surface area contributed by atoms with Crippen LogP contribution in [0.25, 0.3) is 0 Å². The SMILES string of the molecule is CCCCCCCCCCCCCCOc1ccc(N(C(=O)NC)c2cccc(CBr)c2)cc1. The predicted molar refractivity (Wildman–Crippen MR) is 149 cm³/mol. The quantitative estimate of drug-likeness (QED) is 0.163. The predicted octanol–water partition coefficient (Wildman–Crippen LogP) is 9.14. The first kappa shape index (κ1) is 28.2. The lowest BCUT2D eigenvalue weighted by Gasteiger charge is -2.23. The number of benzene rings is 2. The molecule has 0 aliphatic heterocycles. The zero-order chi connectivity index (χ0) is 24.4. The van der Waals surface area contributed by atoms with Gasteiger partial charge >= 0.3 is 6.03 Å². The van der Waals surface area contributed by atoms with Crippen molar-refractivity contribution in [2.75, 3.05) is 18.6 Å². The van der Waals surface area contributed by atoms with Gasteiger partial charge in [-0.05, 0) is 48.4 Å². The van der Waals surface area contributed by atoms with Gasteiger partial charge < -0.3 is 10.1 Å². The average molecular weight is 532 g/mol. The molecule has 2 aromatic carbocycles. The Labute approximate surface area is 215 Å². The zero-order valence-electron chi connectivity index (χ0n) is 21.2. The fraction of sp³-hybridized carbons (Fsp3) is 0.552. The van der Waals surface area contributed by atoms with Gasteiger partial charge in [-0.15, -0.1) is 0 Å². The maximum Gasteiger partial charge on any atom is 0.326 e. The van der Waals surface area contributed by atoms with E-state index in [0.717, 1.165) is 41.0 Å². The number of urea groups is 1. The topological polar surface area (TPSA) is 41.6 Å². The summed E-state index contributed by atoms with van der Waals surface area (Å²) in [6, 6.07) is 15.6. The minimum atomic E-state index is -0.170. The number of amides is 2. The third kappa shape index (κ3) is 10.5. The highest BCUT2D eigenvalue weighted by Crippen LogP contribution is 2.28. The summed E-state index contributed by atoms with van der Waals surface area (Å²) < 4.78 is 5.94. The van der Waals surface area contributed by atoms with Crippen molar-refractivity contribution in [2.45, 2.75) is 89.3 Å². The average Bonchev–Trinajstić information content (AvgIpc) is 2.87. The van der Waals surface area contributed by atoms with Crippen molar-refractivity contribution in [3.05, 3.63) is 54.1 Å². The van der Waals surface area contributed by atoms with Crippen LogP contribution >= 0.6 is 15.9 Å². The van der Waals surface area contributed by atoms with Gasteiger partial charge in [0.2, 0.25) is 0 Å². The number of halogens is 1. The van der Waals surface area contributed by atoms with E-state index < -0.39 is 0 Å². The summed E-state index contributed by atoms with van der Waals surface area (Å²) in [6.07, 6.45) is 16.1. The molecule has 1 N–H and O–H groups in total. The van der Waals surface area contributed by atoms with E-state index in [1.807, 2.05) is 48.5 Å². The highest BCUT2D eigenvalue weighted by atomic mass is 79.9.